The molecule has 0 saturated heterocycles. The SMILES string of the molecule is Cc1ccc(NCc2cccc(-c3cnn(C)c3)c2)c([N+](=O)[O-])c1. The number of rotatable bonds is 5. The maximum Gasteiger partial charge on any atom is 0.292 e. The van der Waals surface area contributed by atoms with Crippen LogP contribution in [0.5, 0.6) is 0 Å². The van der Waals surface area contributed by atoms with Gasteiger partial charge in [0.1, 0.15) is 5.69 Å². The summed E-state index contributed by atoms with van der Waals surface area (Å²) in [5.74, 6) is 0. The smallest absolute Gasteiger partial charge is 0.292 e. The minimum absolute atomic E-state index is 0.0958. The highest BCUT2D eigenvalue weighted by molar-refractivity contribution is 5.64. The Hall–Kier alpha value is -3.15. The van der Waals surface area contributed by atoms with Gasteiger partial charge in [0, 0.05) is 31.4 Å². The second kappa shape index (κ2) is 6.54. The number of nitro groups is 1. The number of hydrogen-bond donors (Lipinski definition) is 1. The lowest BCUT2D eigenvalue weighted by Crippen LogP contribution is -2.03. The molecule has 1 aromatic heterocycles. The molecule has 0 atom stereocenters. The second-order valence-corrected chi connectivity index (χ2v) is 5.73. The van der Waals surface area contributed by atoms with Crippen molar-refractivity contribution < 1.29 is 4.92 Å². The first-order valence-electron chi connectivity index (χ1n) is 7.60. The fraction of sp³-hybridized carbons (Fsp3) is 0.167. The first kappa shape index (κ1) is 15.7. The molecule has 6 nitrogen and oxygen atoms in total. The number of nitro benzene ring substituents is 1. The number of nitrogens with one attached hydrogen (secondary N) is 1. The first-order chi connectivity index (χ1) is 11.5. The monoisotopic (exact) mass is 322 g/mol. The van der Waals surface area contributed by atoms with Gasteiger partial charge < -0.3 is 5.32 Å². The molecule has 3 rings (SSSR count). The van der Waals surface area contributed by atoms with Crippen molar-refractivity contribution in [1.29, 1.82) is 0 Å². The molecule has 3 aromatic rings. The highest BCUT2D eigenvalue weighted by atomic mass is 16.6. The van der Waals surface area contributed by atoms with E-state index in [0.717, 1.165) is 22.3 Å². The molecule has 2 aromatic carbocycles. The van der Waals surface area contributed by atoms with Gasteiger partial charge in [0.15, 0.2) is 0 Å². The number of aromatic nitrogens is 2. The van der Waals surface area contributed by atoms with Crippen molar-refractivity contribution in [3.63, 3.8) is 0 Å². The summed E-state index contributed by atoms with van der Waals surface area (Å²) in [6, 6.07) is 13.2. The molecule has 0 aliphatic carbocycles. The predicted molar refractivity (Wildman–Crippen MR) is 93.8 cm³/mol. The van der Waals surface area contributed by atoms with Crippen molar-refractivity contribution in [3.05, 3.63) is 76.1 Å². The molecule has 0 unspecified atom stereocenters. The van der Waals surface area contributed by atoms with Crippen LogP contribution in [0.2, 0.25) is 0 Å². The van der Waals surface area contributed by atoms with Crippen LogP contribution in [0.25, 0.3) is 11.1 Å². The number of benzene rings is 2. The van der Waals surface area contributed by atoms with Crippen LogP contribution in [0.3, 0.4) is 0 Å². The summed E-state index contributed by atoms with van der Waals surface area (Å²) >= 11 is 0. The van der Waals surface area contributed by atoms with Crippen LogP contribution >= 0.6 is 0 Å². The minimum Gasteiger partial charge on any atom is -0.375 e. The number of aryl methyl sites for hydroxylation is 2. The molecule has 1 heterocycles. The zero-order chi connectivity index (χ0) is 17.1. The molecule has 0 bridgehead atoms. The van der Waals surface area contributed by atoms with Crippen LogP contribution in [-0.2, 0) is 13.6 Å². The van der Waals surface area contributed by atoms with Crippen LogP contribution in [0.15, 0.2) is 54.9 Å². The molecule has 0 aliphatic heterocycles. The molecular formula is C18H18N4O2. The Balaban J connectivity index is 1.79. The molecule has 0 radical (unpaired) electrons. The summed E-state index contributed by atoms with van der Waals surface area (Å²) in [6.45, 7) is 2.35. The highest BCUT2D eigenvalue weighted by Crippen LogP contribution is 2.26. The van der Waals surface area contributed by atoms with Gasteiger partial charge in [-0.25, -0.2) is 0 Å². The fourth-order valence-corrected chi connectivity index (χ4v) is 2.57. The summed E-state index contributed by atoms with van der Waals surface area (Å²) < 4.78 is 1.76. The summed E-state index contributed by atoms with van der Waals surface area (Å²) in [5.41, 5.74) is 4.65. The van der Waals surface area contributed by atoms with Gasteiger partial charge in [-0.15, -0.1) is 0 Å². The Morgan fingerprint density at radius 1 is 1.21 bits per heavy atom. The Bertz CT molecular complexity index is 886. The summed E-state index contributed by atoms with van der Waals surface area (Å²) in [6.07, 6.45) is 3.77. The number of hydrogen-bond acceptors (Lipinski definition) is 4. The highest BCUT2D eigenvalue weighted by Gasteiger charge is 2.13. The molecule has 0 fully saturated rings. The number of nitrogens with zero attached hydrogens (tertiary/aromatic N) is 3. The average Bonchev–Trinajstić information content (AvgIpc) is 3.00. The maximum absolute atomic E-state index is 11.2. The molecule has 1 N–H and O–H groups in total. The van der Waals surface area contributed by atoms with Crippen molar-refractivity contribution in [1.82, 2.24) is 9.78 Å². The Morgan fingerprint density at radius 2 is 2.04 bits per heavy atom. The van der Waals surface area contributed by atoms with E-state index in [9.17, 15) is 10.1 Å². The van der Waals surface area contributed by atoms with Crippen LogP contribution in [0.1, 0.15) is 11.1 Å². The van der Waals surface area contributed by atoms with Crippen molar-refractivity contribution in [3.8, 4) is 11.1 Å². The van der Waals surface area contributed by atoms with Gasteiger partial charge >= 0.3 is 0 Å². The van der Waals surface area contributed by atoms with E-state index < -0.39 is 0 Å². The van der Waals surface area contributed by atoms with Gasteiger partial charge in [-0.3, -0.25) is 14.8 Å². The average molecular weight is 322 g/mol. The van der Waals surface area contributed by atoms with Gasteiger partial charge in [-0.05, 0) is 35.7 Å². The molecule has 24 heavy (non-hydrogen) atoms. The Kier molecular flexibility index (Phi) is 4.29. The lowest BCUT2D eigenvalue weighted by Gasteiger charge is -2.09. The van der Waals surface area contributed by atoms with Crippen LogP contribution in [0, 0.1) is 17.0 Å². The molecule has 0 saturated carbocycles. The minimum atomic E-state index is -0.360. The van der Waals surface area contributed by atoms with Crippen molar-refractivity contribution in [2.45, 2.75) is 13.5 Å². The Morgan fingerprint density at radius 3 is 2.75 bits per heavy atom. The van der Waals surface area contributed by atoms with Gasteiger partial charge in [0.05, 0.1) is 11.1 Å². The molecular weight excluding hydrogens is 304 g/mol. The topological polar surface area (TPSA) is 73.0 Å². The third-order valence-corrected chi connectivity index (χ3v) is 3.80. The molecule has 0 amide bonds. The third-order valence-electron chi connectivity index (χ3n) is 3.80. The fourth-order valence-electron chi connectivity index (χ4n) is 2.57. The molecule has 0 spiro atoms. The van der Waals surface area contributed by atoms with Crippen molar-refractivity contribution in [2.24, 2.45) is 7.05 Å². The number of anilines is 1. The Labute approximate surface area is 139 Å². The van der Waals surface area contributed by atoms with E-state index in [1.165, 1.54) is 0 Å². The molecule has 122 valence electrons. The largest absolute Gasteiger partial charge is 0.375 e. The van der Waals surface area contributed by atoms with Crippen LogP contribution in [0.4, 0.5) is 11.4 Å². The first-order valence-corrected chi connectivity index (χ1v) is 7.60. The molecule has 6 heteroatoms. The van der Waals surface area contributed by atoms with Gasteiger partial charge in [0.25, 0.3) is 5.69 Å². The van der Waals surface area contributed by atoms with Gasteiger partial charge in [-0.1, -0.05) is 24.3 Å². The van der Waals surface area contributed by atoms with Gasteiger partial charge in [0.2, 0.25) is 0 Å². The maximum atomic E-state index is 11.2. The van der Waals surface area contributed by atoms with E-state index in [1.807, 2.05) is 50.6 Å². The summed E-state index contributed by atoms with van der Waals surface area (Å²) in [7, 11) is 1.88. The van der Waals surface area contributed by atoms with E-state index in [0.29, 0.717) is 12.2 Å². The standard InChI is InChI=1S/C18H18N4O2/c1-13-6-7-17(18(8-13)22(23)24)19-10-14-4-3-5-15(9-14)16-11-20-21(2)12-16/h3-9,11-12,19H,10H2,1-2H3. The summed E-state index contributed by atoms with van der Waals surface area (Å²) in [5, 5.41) is 18.5. The van der Waals surface area contributed by atoms with Crippen molar-refractivity contribution >= 4 is 11.4 Å². The quantitative estimate of drug-likeness (QED) is 0.571. The third kappa shape index (κ3) is 3.43. The lowest BCUT2D eigenvalue weighted by molar-refractivity contribution is -0.384. The molecule has 0 aliphatic rings. The zero-order valence-electron chi connectivity index (χ0n) is 13.6. The normalized spacial score (nSPS) is 10.6. The van der Waals surface area contributed by atoms with Crippen molar-refractivity contribution in [2.75, 3.05) is 5.32 Å². The van der Waals surface area contributed by atoms with Crippen LogP contribution < -0.4 is 5.32 Å². The van der Waals surface area contributed by atoms with E-state index in [2.05, 4.69) is 16.5 Å². The lowest BCUT2D eigenvalue weighted by atomic mass is 10.1. The van der Waals surface area contributed by atoms with E-state index >= 15 is 0 Å². The van der Waals surface area contributed by atoms with E-state index in [1.54, 1.807) is 16.8 Å². The van der Waals surface area contributed by atoms with E-state index in [4.69, 9.17) is 0 Å². The second-order valence-electron chi connectivity index (χ2n) is 5.73. The van der Waals surface area contributed by atoms with E-state index in [-0.39, 0.29) is 10.6 Å². The zero-order valence-corrected chi connectivity index (χ0v) is 13.6. The summed E-state index contributed by atoms with van der Waals surface area (Å²) in [4.78, 5) is 10.8. The predicted octanol–water partition coefficient (Wildman–Crippen LogP) is 3.92. The van der Waals surface area contributed by atoms with Crippen LogP contribution in [-0.4, -0.2) is 14.7 Å². The van der Waals surface area contributed by atoms with Gasteiger partial charge in [-0.2, -0.15) is 5.10 Å².